The number of aromatic amines is 1. The van der Waals surface area contributed by atoms with E-state index in [1.54, 1.807) is 6.07 Å². The standard InChI is InChI=1S/C16H25N3O3/c1-3-15(21)6-9-22-16(11-15)4-7-19(8-5-16)14(20)13-10-12(2)17-18-13/h10,21H,3-9,11H2,1-2H3,(H,17,18). The van der Waals surface area contributed by atoms with Crippen molar-refractivity contribution in [2.45, 2.75) is 57.2 Å². The number of nitrogens with zero attached hydrogens (tertiary/aromatic N) is 2. The molecule has 0 aliphatic carbocycles. The summed E-state index contributed by atoms with van der Waals surface area (Å²) in [6, 6.07) is 1.78. The van der Waals surface area contributed by atoms with Crippen molar-refractivity contribution in [1.82, 2.24) is 15.1 Å². The third-order valence-corrected chi connectivity index (χ3v) is 5.17. The Morgan fingerprint density at radius 3 is 2.77 bits per heavy atom. The van der Waals surface area contributed by atoms with Crippen LogP contribution in [0.4, 0.5) is 0 Å². The number of carbonyl (C=O) groups is 1. The highest BCUT2D eigenvalue weighted by Gasteiger charge is 2.46. The molecule has 2 aliphatic heterocycles. The minimum absolute atomic E-state index is 0.0271. The van der Waals surface area contributed by atoms with E-state index in [1.165, 1.54) is 0 Å². The third kappa shape index (κ3) is 2.90. The Morgan fingerprint density at radius 2 is 2.18 bits per heavy atom. The minimum atomic E-state index is -0.607. The quantitative estimate of drug-likeness (QED) is 0.871. The van der Waals surface area contributed by atoms with Gasteiger partial charge in [0, 0.05) is 25.2 Å². The van der Waals surface area contributed by atoms with Crippen LogP contribution >= 0.6 is 0 Å². The van der Waals surface area contributed by atoms with Gasteiger partial charge in [-0.15, -0.1) is 0 Å². The first kappa shape index (κ1) is 15.5. The Kier molecular flexibility index (Phi) is 3.99. The van der Waals surface area contributed by atoms with Gasteiger partial charge in [-0.05, 0) is 38.7 Å². The molecule has 0 bridgehead atoms. The maximum absolute atomic E-state index is 12.4. The first-order valence-electron chi connectivity index (χ1n) is 8.13. The molecule has 2 N–H and O–H groups in total. The van der Waals surface area contributed by atoms with Crippen LogP contribution < -0.4 is 0 Å². The molecule has 0 aromatic carbocycles. The average molecular weight is 307 g/mol. The molecule has 122 valence electrons. The van der Waals surface area contributed by atoms with Gasteiger partial charge in [-0.1, -0.05) is 6.92 Å². The number of piperidine rings is 1. The Morgan fingerprint density at radius 1 is 1.45 bits per heavy atom. The van der Waals surface area contributed by atoms with Gasteiger partial charge in [0.25, 0.3) is 5.91 Å². The number of hydrogen-bond acceptors (Lipinski definition) is 4. The summed E-state index contributed by atoms with van der Waals surface area (Å²) in [5, 5.41) is 17.4. The molecular formula is C16H25N3O3. The monoisotopic (exact) mass is 307 g/mol. The van der Waals surface area contributed by atoms with E-state index < -0.39 is 5.60 Å². The van der Waals surface area contributed by atoms with E-state index in [0.29, 0.717) is 38.2 Å². The number of aromatic nitrogens is 2. The Hall–Kier alpha value is -1.40. The molecule has 2 fully saturated rings. The number of rotatable bonds is 2. The lowest BCUT2D eigenvalue weighted by molar-refractivity contribution is -0.176. The van der Waals surface area contributed by atoms with Crippen LogP contribution in [0.1, 0.15) is 55.2 Å². The zero-order chi connectivity index (χ0) is 15.8. The second-order valence-electron chi connectivity index (χ2n) is 6.76. The summed E-state index contributed by atoms with van der Waals surface area (Å²) in [7, 11) is 0. The highest BCUT2D eigenvalue weighted by Crippen LogP contribution is 2.41. The molecule has 1 aromatic rings. The number of amides is 1. The molecule has 0 saturated carbocycles. The van der Waals surface area contributed by atoms with Crippen LogP contribution in [0, 0.1) is 6.92 Å². The summed E-state index contributed by atoms with van der Waals surface area (Å²) in [5.41, 5.74) is 0.494. The van der Waals surface area contributed by atoms with Gasteiger partial charge < -0.3 is 14.7 Å². The van der Waals surface area contributed by atoms with Crippen molar-refractivity contribution in [2.75, 3.05) is 19.7 Å². The van der Waals surface area contributed by atoms with Crippen LogP contribution in [-0.2, 0) is 4.74 Å². The van der Waals surface area contributed by atoms with Crippen LogP contribution in [0.15, 0.2) is 6.07 Å². The highest BCUT2D eigenvalue weighted by atomic mass is 16.5. The van der Waals surface area contributed by atoms with Gasteiger partial charge in [-0.2, -0.15) is 5.10 Å². The topological polar surface area (TPSA) is 78.5 Å². The fourth-order valence-corrected chi connectivity index (χ4v) is 3.63. The maximum atomic E-state index is 12.4. The van der Waals surface area contributed by atoms with E-state index in [-0.39, 0.29) is 11.5 Å². The van der Waals surface area contributed by atoms with Gasteiger partial charge in [-0.3, -0.25) is 9.89 Å². The largest absolute Gasteiger partial charge is 0.390 e. The number of nitrogens with one attached hydrogen (secondary N) is 1. The van der Waals surface area contributed by atoms with Crippen molar-refractivity contribution in [3.8, 4) is 0 Å². The van der Waals surface area contributed by atoms with E-state index in [0.717, 1.165) is 25.0 Å². The number of carbonyl (C=O) groups excluding carboxylic acids is 1. The smallest absolute Gasteiger partial charge is 0.274 e. The van der Waals surface area contributed by atoms with Gasteiger partial charge in [0.05, 0.1) is 17.8 Å². The van der Waals surface area contributed by atoms with Crippen LogP contribution in [0.2, 0.25) is 0 Å². The molecule has 1 amide bonds. The molecule has 3 rings (SSSR count). The predicted octanol–water partition coefficient (Wildman–Crippen LogP) is 1.64. The molecule has 0 radical (unpaired) electrons. The lowest BCUT2D eigenvalue weighted by Crippen LogP contribution is -2.55. The maximum Gasteiger partial charge on any atom is 0.274 e. The Labute approximate surface area is 130 Å². The van der Waals surface area contributed by atoms with Crippen molar-refractivity contribution >= 4 is 5.91 Å². The fourth-order valence-electron chi connectivity index (χ4n) is 3.63. The Bertz CT molecular complexity index is 549. The van der Waals surface area contributed by atoms with Crippen molar-refractivity contribution in [2.24, 2.45) is 0 Å². The number of ether oxygens (including phenoxy) is 1. The van der Waals surface area contributed by atoms with Gasteiger partial charge >= 0.3 is 0 Å². The molecule has 22 heavy (non-hydrogen) atoms. The number of aryl methyl sites for hydroxylation is 1. The van der Waals surface area contributed by atoms with Crippen molar-refractivity contribution in [3.05, 3.63) is 17.5 Å². The molecule has 2 aliphatic rings. The number of aliphatic hydroxyl groups is 1. The normalized spacial score (nSPS) is 28.0. The van der Waals surface area contributed by atoms with Crippen LogP contribution in [0.25, 0.3) is 0 Å². The van der Waals surface area contributed by atoms with Gasteiger partial charge in [0.1, 0.15) is 5.69 Å². The lowest BCUT2D eigenvalue weighted by atomic mass is 9.76. The summed E-state index contributed by atoms with van der Waals surface area (Å²) in [4.78, 5) is 14.3. The molecule has 6 nitrogen and oxygen atoms in total. The first-order chi connectivity index (χ1) is 10.5. The molecule has 1 aromatic heterocycles. The van der Waals surface area contributed by atoms with E-state index in [4.69, 9.17) is 4.74 Å². The molecule has 1 spiro atoms. The SMILES string of the molecule is CCC1(O)CCOC2(CCN(C(=O)c3cc(C)[nH]n3)CC2)C1. The van der Waals surface area contributed by atoms with Crippen molar-refractivity contribution in [3.63, 3.8) is 0 Å². The Balaban J connectivity index is 1.64. The van der Waals surface area contributed by atoms with E-state index >= 15 is 0 Å². The number of H-pyrrole nitrogens is 1. The van der Waals surface area contributed by atoms with Crippen molar-refractivity contribution in [1.29, 1.82) is 0 Å². The average Bonchev–Trinajstić information content (AvgIpc) is 2.94. The molecule has 2 saturated heterocycles. The van der Waals surface area contributed by atoms with Crippen LogP contribution in [0.5, 0.6) is 0 Å². The van der Waals surface area contributed by atoms with Gasteiger partial charge in [0.2, 0.25) is 0 Å². The summed E-state index contributed by atoms with van der Waals surface area (Å²) in [6.07, 6.45) is 3.71. The zero-order valence-electron chi connectivity index (χ0n) is 13.4. The number of hydrogen-bond donors (Lipinski definition) is 2. The molecule has 1 atom stereocenters. The fraction of sp³-hybridized carbons (Fsp3) is 0.750. The van der Waals surface area contributed by atoms with Crippen molar-refractivity contribution < 1.29 is 14.6 Å². The minimum Gasteiger partial charge on any atom is -0.390 e. The molecule has 1 unspecified atom stereocenters. The highest BCUT2D eigenvalue weighted by molar-refractivity contribution is 5.92. The second kappa shape index (κ2) is 5.66. The third-order valence-electron chi connectivity index (χ3n) is 5.17. The summed E-state index contributed by atoms with van der Waals surface area (Å²) in [6.45, 7) is 5.83. The zero-order valence-corrected chi connectivity index (χ0v) is 13.4. The molecule has 6 heteroatoms. The second-order valence-corrected chi connectivity index (χ2v) is 6.76. The molecule has 3 heterocycles. The van der Waals surface area contributed by atoms with Gasteiger partial charge in [-0.25, -0.2) is 0 Å². The predicted molar refractivity (Wildman–Crippen MR) is 81.6 cm³/mol. The van der Waals surface area contributed by atoms with Crippen LogP contribution in [-0.4, -0.2) is 57.0 Å². The van der Waals surface area contributed by atoms with E-state index in [1.807, 2.05) is 18.7 Å². The summed E-state index contributed by atoms with van der Waals surface area (Å²) in [5.74, 6) is -0.0271. The van der Waals surface area contributed by atoms with E-state index in [9.17, 15) is 9.90 Å². The number of likely N-dealkylation sites (tertiary alicyclic amines) is 1. The summed E-state index contributed by atoms with van der Waals surface area (Å²) < 4.78 is 6.02. The first-order valence-corrected chi connectivity index (χ1v) is 8.13. The summed E-state index contributed by atoms with van der Waals surface area (Å²) >= 11 is 0. The molecular weight excluding hydrogens is 282 g/mol. The van der Waals surface area contributed by atoms with Crippen LogP contribution in [0.3, 0.4) is 0 Å². The lowest BCUT2D eigenvalue weighted by Gasteiger charge is -2.49. The van der Waals surface area contributed by atoms with E-state index in [2.05, 4.69) is 10.2 Å². The van der Waals surface area contributed by atoms with Gasteiger partial charge in [0.15, 0.2) is 0 Å².